The maximum Gasteiger partial charge on any atom is 0.223 e. The number of nitrogens with one attached hydrogen (secondary N) is 1. The van der Waals surface area contributed by atoms with Crippen molar-refractivity contribution in [2.24, 2.45) is 11.8 Å². The monoisotopic (exact) mass is 367 g/mol. The molecule has 4 atom stereocenters. The number of nitrogens with zero attached hydrogens (tertiary/aromatic N) is 2. The van der Waals surface area contributed by atoms with Crippen molar-refractivity contribution in [3.05, 3.63) is 41.5 Å². The minimum Gasteiger partial charge on any atom is -0.493 e. The van der Waals surface area contributed by atoms with Gasteiger partial charge in [0.25, 0.3) is 0 Å². The SMILES string of the molecule is COc1cc2c(cc1OC)[C@@]13C[C@H](C)[C@@H](c4cnc[nH]4)C1CC(=O)N3CC2. The molecule has 1 aliphatic carbocycles. The highest BCUT2D eigenvalue weighted by Crippen LogP contribution is 2.63. The average Bonchev–Trinajstić information content (AvgIpc) is 3.34. The molecule has 0 bridgehead atoms. The summed E-state index contributed by atoms with van der Waals surface area (Å²) >= 11 is 0. The summed E-state index contributed by atoms with van der Waals surface area (Å²) in [5.74, 6) is 2.79. The second-order valence-electron chi connectivity index (χ2n) is 8.11. The van der Waals surface area contributed by atoms with Crippen LogP contribution < -0.4 is 9.47 Å². The summed E-state index contributed by atoms with van der Waals surface area (Å²) in [7, 11) is 3.34. The first-order chi connectivity index (χ1) is 13.1. The predicted molar refractivity (Wildman–Crippen MR) is 99.9 cm³/mol. The molecule has 1 saturated carbocycles. The molecule has 1 amide bonds. The predicted octanol–water partition coefficient (Wildman–Crippen LogP) is 2.85. The lowest BCUT2D eigenvalue weighted by Crippen LogP contribution is -2.49. The number of rotatable bonds is 3. The molecule has 2 fully saturated rings. The number of ether oxygens (including phenoxy) is 2. The molecule has 2 aromatic rings. The molecule has 6 nitrogen and oxygen atoms in total. The van der Waals surface area contributed by atoms with Crippen molar-refractivity contribution in [3.63, 3.8) is 0 Å². The quantitative estimate of drug-likeness (QED) is 0.906. The van der Waals surface area contributed by atoms with E-state index in [1.165, 1.54) is 11.1 Å². The Hall–Kier alpha value is -2.50. The number of benzene rings is 1. The van der Waals surface area contributed by atoms with Gasteiger partial charge in [0.2, 0.25) is 5.91 Å². The van der Waals surface area contributed by atoms with Crippen LogP contribution in [-0.4, -0.2) is 41.5 Å². The maximum absolute atomic E-state index is 13.0. The first-order valence-corrected chi connectivity index (χ1v) is 9.64. The minimum absolute atomic E-state index is 0.248. The summed E-state index contributed by atoms with van der Waals surface area (Å²) in [5.41, 5.74) is 3.42. The maximum atomic E-state index is 13.0. The highest BCUT2D eigenvalue weighted by Gasteiger charge is 2.64. The zero-order chi connectivity index (χ0) is 18.8. The minimum atomic E-state index is -0.251. The summed E-state index contributed by atoms with van der Waals surface area (Å²) in [6.07, 6.45) is 6.09. The summed E-state index contributed by atoms with van der Waals surface area (Å²) < 4.78 is 11.1. The van der Waals surface area contributed by atoms with Crippen molar-refractivity contribution in [1.29, 1.82) is 0 Å². The van der Waals surface area contributed by atoms with Gasteiger partial charge >= 0.3 is 0 Å². The fraction of sp³-hybridized carbons (Fsp3) is 0.524. The number of fused-ring (bicyclic) bond motifs is 1. The smallest absolute Gasteiger partial charge is 0.223 e. The molecular formula is C21H25N3O3. The molecule has 1 spiro atoms. The zero-order valence-electron chi connectivity index (χ0n) is 16.0. The first kappa shape index (κ1) is 16.7. The highest BCUT2D eigenvalue weighted by molar-refractivity contribution is 5.82. The van der Waals surface area contributed by atoms with Crippen LogP contribution >= 0.6 is 0 Å². The topological polar surface area (TPSA) is 67.5 Å². The van der Waals surface area contributed by atoms with Crippen LogP contribution in [-0.2, 0) is 16.8 Å². The Kier molecular flexibility index (Phi) is 3.55. The van der Waals surface area contributed by atoms with Crippen molar-refractivity contribution in [2.75, 3.05) is 20.8 Å². The Balaban J connectivity index is 1.70. The van der Waals surface area contributed by atoms with Crippen LogP contribution in [0.5, 0.6) is 11.5 Å². The van der Waals surface area contributed by atoms with Gasteiger partial charge in [-0.25, -0.2) is 4.98 Å². The molecule has 3 heterocycles. The van der Waals surface area contributed by atoms with E-state index in [1.54, 1.807) is 20.5 Å². The summed E-state index contributed by atoms with van der Waals surface area (Å²) in [5, 5.41) is 0. The van der Waals surface area contributed by atoms with E-state index in [1.807, 2.05) is 6.20 Å². The van der Waals surface area contributed by atoms with Gasteiger partial charge in [0, 0.05) is 36.7 Å². The van der Waals surface area contributed by atoms with Crippen molar-refractivity contribution in [1.82, 2.24) is 14.9 Å². The molecule has 1 N–H and O–H groups in total. The number of aromatic amines is 1. The third-order valence-electron chi connectivity index (χ3n) is 7.03. The molecule has 142 valence electrons. The molecule has 1 aromatic heterocycles. The summed E-state index contributed by atoms with van der Waals surface area (Å²) in [6.45, 7) is 3.08. The number of hydrogen-bond acceptors (Lipinski definition) is 4. The van der Waals surface area contributed by atoms with Crippen molar-refractivity contribution in [3.8, 4) is 11.5 Å². The van der Waals surface area contributed by atoms with Crippen LogP contribution in [0.4, 0.5) is 0 Å². The lowest BCUT2D eigenvalue weighted by molar-refractivity contribution is -0.132. The zero-order valence-corrected chi connectivity index (χ0v) is 16.0. The third kappa shape index (κ3) is 2.07. The van der Waals surface area contributed by atoms with Crippen LogP contribution in [0.15, 0.2) is 24.7 Å². The molecule has 1 unspecified atom stereocenters. The lowest BCUT2D eigenvalue weighted by atomic mass is 9.73. The Bertz CT molecular complexity index is 894. The molecule has 27 heavy (non-hydrogen) atoms. The molecule has 6 heteroatoms. The number of carbonyl (C=O) groups is 1. The van der Waals surface area contributed by atoms with Crippen molar-refractivity contribution >= 4 is 5.91 Å². The van der Waals surface area contributed by atoms with E-state index in [-0.39, 0.29) is 17.4 Å². The Morgan fingerprint density at radius 2 is 2.04 bits per heavy atom. The number of amides is 1. The average molecular weight is 367 g/mol. The van der Waals surface area contributed by atoms with E-state index in [2.05, 4.69) is 33.9 Å². The van der Waals surface area contributed by atoms with E-state index in [9.17, 15) is 4.79 Å². The van der Waals surface area contributed by atoms with Gasteiger partial charge in [-0.3, -0.25) is 4.79 Å². The van der Waals surface area contributed by atoms with Gasteiger partial charge in [-0.05, 0) is 42.0 Å². The second-order valence-corrected chi connectivity index (χ2v) is 8.11. The molecule has 1 saturated heterocycles. The van der Waals surface area contributed by atoms with Gasteiger partial charge in [-0.15, -0.1) is 0 Å². The molecule has 1 aromatic carbocycles. The van der Waals surface area contributed by atoms with E-state index < -0.39 is 0 Å². The van der Waals surface area contributed by atoms with E-state index >= 15 is 0 Å². The highest BCUT2D eigenvalue weighted by atomic mass is 16.5. The third-order valence-corrected chi connectivity index (χ3v) is 7.03. The van der Waals surface area contributed by atoms with Crippen molar-refractivity contribution in [2.45, 2.75) is 37.6 Å². The van der Waals surface area contributed by atoms with Gasteiger partial charge in [-0.1, -0.05) is 6.92 Å². The normalized spacial score (nSPS) is 31.4. The molecule has 2 aliphatic heterocycles. The molecule has 5 rings (SSSR count). The van der Waals surface area contributed by atoms with Crippen LogP contribution in [0.25, 0.3) is 0 Å². The van der Waals surface area contributed by atoms with Gasteiger partial charge < -0.3 is 19.4 Å². The Labute approximate surface area is 158 Å². The fourth-order valence-corrected chi connectivity index (χ4v) is 6.10. The first-order valence-electron chi connectivity index (χ1n) is 9.64. The van der Waals surface area contributed by atoms with Crippen LogP contribution in [0.1, 0.15) is 42.5 Å². The summed E-state index contributed by atoms with van der Waals surface area (Å²) in [6, 6.07) is 4.22. The van der Waals surface area contributed by atoms with E-state index in [0.29, 0.717) is 18.3 Å². The van der Waals surface area contributed by atoms with E-state index in [0.717, 1.165) is 36.6 Å². The van der Waals surface area contributed by atoms with Gasteiger partial charge in [0.15, 0.2) is 11.5 Å². The molecular weight excluding hydrogens is 342 g/mol. The number of methoxy groups -OCH3 is 2. The number of H-pyrrole nitrogens is 1. The fourth-order valence-electron chi connectivity index (χ4n) is 6.10. The Morgan fingerprint density at radius 1 is 1.26 bits per heavy atom. The summed E-state index contributed by atoms with van der Waals surface area (Å²) in [4.78, 5) is 22.7. The molecule has 3 aliphatic rings. The lowest BCUT2D eigenvalue weighted by Gasteiger charge is -2.45. The van der Waals surface area contributed by atoms with Gasteiger partial charge in [0.1, 0.15) is 0 Å². The van der Waals surface area contributed by atoms with Crippen molar-refractivity contribution < 1.29 is 14.3 Å². The number of aromatic nitrogens is 2. The number of imidazole rings is 1. The standard InChI is InChI=1S/C21H25N3O3/c1-12-9-21-14-7-18(27-3)17(26-2)6-13(14)4-5-24(21)19(25)8-15(21)20(12)16-10-22-11-23-16/h6-7,10-12,15,20H,4-5,8-9H2,1-3H3,(H,22,23)/t12-,15?,20+,21-/m0/s1. The number of carbonyl (C=O) groups excluding carboxylic acids is 1. The largest absolute Gasteiger partial charge is 0.493 e. The van der Waals surface area contributed by atoms with Crippen LogP contribution in [0, 0.1) is 11.8 Å². The van der Waals surface area contributed by atoms with Gasteiger partial charge in [-0.2, -0.15) is 0 Å². The van der Waals surface area contributed by atoms with Crippen LogP contribution in [0.3, 0.4) is 0 Å². The van der Waals surface area contributed by atoms with Gasteiger partial charge in [0.05, 0.1) is 26.1 Å². The van der Waals surface area contributed by atoms with Crippen LogP contribution in [0.2, 0.25) is 0 Å². The number of hydrogen-bond donors (Lipinski definition) is 1. The molecule has 0 radical (unpaired) electrons. The van der Waals surface area contributed by atoms with E-state index in [4.69, 9.17) is 9.47 Å². The Morgan fingerprint density at radius 3 is 2.74 bits per heavy atom. The second kappa shape index (κ2) is 5.75.